The monoisotopic (exact) mass is 370 g/mol. The Morgan fingerprint density at radius 2 is 1.68 bits per heavy atom. The number of esters is 1. The molecule has 3 heteroatoms. The van der Waals surface area contributed by atoms with E-state index in [4.69, 9.17) is 4.74 Å². The lowest BCUT2D eigenvalue weighted by molar-refractivity contribution is -0.148. The fourth-order valence-corrected chi connectivity index (χ4v) is 4.07. The van der Waals surface area contributed by atoms with Crippen LogP contribution in [0.3, 0.4) is 0 Å². The van der Waals surface area contributed by atoms with Gasteiger partial charge in [0, 0.05) is 24.8 Å². The number of rotatable bonds is 6. The fraction of sp³-hybridized carbons (Fsp3) is 0.200. The van der Waals surface area contributed by atoms with Gasteiger partial charge < -0.3 is 9.53 Å². The van der Waals surface area contributed by atoms with Crippen LogP contribution in [0, 0.1) is 0 Å². The zero-order valence-corrected chi connectivity index (χ0v) is 15.8. The van der Waals surface area contributed by atoms with Crippen LogP contribution in [0.15, 0.2) is 84.9 Å². The number of hydrogen-bond donors (Lipinski definition) is 0. The lowest BCUT2D eigenvalue weighted by Crippen LogP contribution is -2.39. The summed E-state index contributed by atoms with van der Waals surface area (Å²) >= 11 is 0. The van der Waals surface area contributed by atoms with E-state index in [9.17, 15) is 9.59 Å². The van der Waals surface area contributed by atoms with E-state index in [1.807, 2.05) is 54.6 Å². The lowest BCUT2D eigenvalue weighted by Gasteiger charge is -2.35. The van der Waals surface area contributed by atoms with Crippen LogP contribution in [-0.4, -0.2) is 17.4 Å². The highest BCUT2D eigenvalue weighted by molar-refractivity contribution is 5.87. The molecule has 0 N–H and O–H groups in total. The number of carbonyl (C=O) groups is 2. The van der Waals surface area contributed by atoms with Crippen molar-refractivity contribution in [1.82, 2.24) is 0 Å². The van der Waals surface area contributed by atoms with Gasteiger partial charge in [0.2, 0.25) is 0 Å². The summed E-state index contributed by atoms with van der Waals surface area (Å²) in [5, 5.41) is 2.25. The molecule has 0 spiro atoms. The molecule has 4 rings (SSSR count). The van der Waals surface area contributed by atoms with E-state index in [2.05, 4.69) is 24.3 Å². The van der Waals surface area contributed by atoms with Crippen molar-refractivity contribution in [3.8, 4) is 0 Å². The molecule has 0 saturated carbocycles. The molecule has 1 aliphatic rings. The molecule has 0 saturated heterocycles. The highest BCUT2D eigenvalue weighted by atomic mass is 16.6. The van der Waals surface area contributed by atoms with Crippen molar-refractivity contribution in [3.05, 3.63) is 96.1 Å². The molecule has 0 aromatic heterocycles. The fourth-order valence-electron chi connectivity index (χ4n) is 4.07. The quantitative estimate of drug-likeness (QED) is 0.574. The summed E-state index contributed by atoms with van der Waals surface area (Å²) in [7, 11) is 0. The minimum atomic E-state index is -0.868. The van der Waals surface area contributed by atoms with Crippen LogP contribution in [0.1, 0.15) is 30.4 Å². The van der Waals surface area contributed by atoms with E-state index in [1.54, 1.807) is 6.92 Å². The predicted octanol–water partition coefficient (Wildman–Crippen LogP) is 5.00. The van der Waals surface area contributed by atoms with Crippen LogP contribution in [0.25, 0.3) is 10.8 Å². The summed E-state index contributed by atoms with van der Waals surface area (Å²) in [6, 6.07) is 24.3. The smallest absolute Gasteiger partial charge is 0.331 e. The number of benzene rings is 3. The first kappa shape index (κ1) is 18.2. The van der Waals surface area contributed by atoms with Gasteiger partial charge in [0.25, 0.3) is 0 Å². The van der Waals surface area contributed by atoms with Crippen molar-refractivity contribution in [2.45, 2.75) is 31.3 Å². The molecule has 0 aliphatic carbocycles. The first-order valence-electron chi connectivity index (χ1n) is 9.50. The summed E-state index contributed by atoms with van der Waals surface area (Å²) in [5.74, 6) is -0.537. The van der Waals surface area contributed by atoms with Crippen LogP contribution >= 0.6 is 0 Å². The summed E-state index contributed by atoms with van der Waals surface area (Å²) in [6.07, 6.45) is 4.16. The summed E-state index contributed by atoms with van der Waals surface area (Å²) in [4.78, 5) is 24.2. The maximum Gasteiger partial charge on any atom is 0.331 e. The standard InChI is InChI=1S/C25H22O3/c1-18(26)15-23(22-12-11-20-9-5-6-10-21(20)16-22)25(14-13-24(27)28-25)17-19-7-3-2-4-8-19/h2-14,16,23H,15,17H2,1H3/t23-,25+/m0/s1. The maximum absolute atomic E-state index is 12.2. The molecule has 140 valence electrons. The second kappa shape index (κ2) is 7.43. The third kappa shape index (κ3) is 3.61. The molecule has 0 fully saturated rings. The zero-order valence-electron chi connectivity index (χ0n) is 15.8. The van der Waals surface area contributed by atoms with Crippen LogP contribution in [0.4, 0.5) is 0 Å². The summed E-state index contributed by atoms with van der Waals surface area (Å²) in [5.41, 5.74) is 1.20. The van der Waals surface area contributed by atoms with Crippen LogP contribution < -0.4 is 0 Å². The Morgan fingerprint density at radius 3 is 2.36 bits per heavy atom. The largest absolute Gasteiger partial charge is 0.451 e. The highest BCUT2D eigenvalue weighted by Crippen LogP contribution is 2.42. The predicted molar refractivity (Wildman–Crippen MR) is 110 cm³/mol. The van der Waals surface area contributed by atoms with Crippen molar-refractivity contribution in [2.75, 3.05) is 0 Å². The van der Waals surface area contributed by atoms with Crippen molar-refractivity contribution < 1.29 is 14.3 Å². The highest BCUT2D eigenvalue weighted by Gasteiger charge is 2.44. The Morgan fingerprint density at radius 1 is 0.964 bits per heavy atom. The Hall–Kier alpha value is -3.20. The number of hydrogen-bond acceptors (Lipinski definition) is 3. The third-order valence-corrected chi connectivity index (χ3v) is 5.37. The van der Waals surface area contributed by atoms with Gasteiger partial charge in [0.05, 0.1) is 0 Å². The molecule has 2 atom stereocenters. The molecule has 0 unspecified atom stereocenters. The van der Waals surface area contributed by atoms with Gasteiger partial charge in [0.15, 0.2) is 0 Å². The number of ketones is 1. The molecule has 28 heavy (non-hydrogen) atoms. The van der Waals surface area contributed by atoms with E-state index in [-0.39, 0.29) is 17.7 Å². The van der Waals surface area contributed by atoms with Crippen LogP contribution in [0.2, 0.25) is 0 Å². The van der Waals surface area contributed by atoms with Gasteiger partial charge in [-0.25, -0.2) is 4.79 Å². The first-order chi connectivity index (χ1) is 13.6. The van der Waals surface area contributed by atoms with Crippen molar-refractivity contribution in [3.63, 3.8) is 0 Å². The molecule has 3 nitrogen and oxygen atoms in total. The van der Waals surface area contributed by atoms with Crippen molar-refractivity contribution in [1.29, 1.82) is 0 Å². The molecule has 3 aromatic rings. The summed E-state index contributed by atoms with van der Waals surface area (Å²) in [6.45, 7) is 1.59. The second-order valence-electron chi connectivity index (χ2n) is 7.44. The van der Waals surface area contributed by atoms with E-state index < -0.39 is 5.60 Å². The van der Waals surface area contributed by atoms with Crippen LogP contribution in [0.5, 0.6) is 0 Å². The molecule has 0 bridgehead atoms. The van der Waals surface area contributed by atoms with E-state index >= 15 is 0 Å². The maximum atomic E-state index is 12.2. The number of carbonyl (C=O) groups excluding carboxylic acids is 2. The molecule has 1 aliphatic heterocycles. The minimum Gasteiger partial charge on any atom is -0.451 e. The zero-order chi connectivity index (χ0) is 19.6. The molecule has 0 amide bonds. The minimum absolute atomic E-state index is 0.0712. The molecule has 0 radical (unpaired) electrons. The molecule has 3 aromatic carbocycles. The Balaban J connectivity index is 1.81. The first-order valence-corrected chi connectivity index (χ1v) is 9.50. The lowest BCUT2D eigenvalue weighted by atomic mass is 9.75. The van der Waals surface area contributed by atoms with E-state index in [1.165, 1.54) is 6.08 Å². The Bertz CT molecular complexity index is 1050. The molecular formula is C25H22O3. The molecule has 1 heterocycles. The average molecular weight is 370 g/mol. The number of fused-ring (bicyclic) bond motifs is 1. The van der Waals surface area contributed by atoms with Gasteiger partial charge in [-0.2, -0.15) is 0 Å². The van der Waals surface area contributed by atoms with E-state index in [0.29, 0.717) is 12.8 Å². The second-order valence-corrected chi connectivity index (χ2v) is 7.44. The normalized spacial score (nSPS) is 19.5. The Labute approximate surface area is 164 Å². The topological polar surface area (TPSA) is 43.4 Å². The number of Topliss-reactive ketones (excluding diaryl/α,β-unsaturated/α-hetero) is 1. The van der Waals surface area contributed by atoms with Gasteiger partial charge >= 0.3 is 5.97 Å². The van der Waals surface area contributed by atoms with Crippen molar-refractivity contribution >= 4 is 22.5 Å². The van der Waals surface area contributed by atoms with Gasteiger partial charge in [-0.1, -0.05) is 72.8 Å². The van der Waals surface area contributed by atoms with Gasteiger partial charge in [-0.3, -0.25) is 0 Å². The number of ether oxygens (including phenoxy) is 1. The number of cyclic esters (lactones) is 1. The van der Waals surface area contributed by atoms with Gasteiger partial charge in [-0.05, 0) is 34.9 Å². The van der Waals surface area contributed by atoms with Crippen molar-refractivity contribution in [2.24, 2.45) is 0 Å². The van der Waals surface area contributed by atoms with E-state index in [0.717, 1.165) is 21.9 Å². The summed E-state index contributed by atoms with van der Waals surface area (Å²) < 4.78 is 5.88. The third-order valence-electron chi connectivity index (χ3n) is 5.37. The Kier molecular flexibility index (Phi) is 4.82. The molecular weight excluding hydrogens is 348 g/mol. The van der Waals surface area contributed by atoms with Crippen LogP contribution in [-0.2, 0) is 20.7 Å². The average Bonchev–Trinajstić information content (AvgIpc) is 3.07. The van der Waals surface area contributed by atoms with Gasteiger partial charge in [0.1, 0.15) is 11.4 Å². The van der Waals surface area contributed by atoms with Gasteiger partial charge in [-0.15, -0.1) is 0 Å². The SMILES string of the molecule is CC(=O)C[C@@H](c1ccc2ccccc2c1)[C@]1(Cc2ccccc2)C=CC(=O)O1.